The first-order chi connectivity index (χ1) is 18.9. The molecule has 0 saturated heterocycles. The molecule has 0 saturated carbocycles. The van der Waals surface area contributed by atoms with Crippen LogP contribution in [0, 0.1) is 9.77 Å². The molecule has 2 aromatic heterocycles. The van der Waals surface area contributed by atoms with Crippen molar-refractivity contribution < 1.29 is 23.8 Å². The molecule has 3 N–H and O–H groups in total. The second-order valence-corrected chi connectivity index (χ2v) is 11.2. The van der Waals surface area contributed by atoms with E-state index in [1.165, 1.54) is 46.2 Å². The zero-order valence-corrected chi connectivity index (χ0v) is 23.9. The summed E-state index contributed by atoms with van der Waals surface area (Å²) in [4.78, 5) is 21.6. The summed E-state index contributed by atoms with van der Waals surface area (Å²) in [6, 6.07) is 7.67. The number of nitrogens with zero attached hydrogens (tertiary/aromatic N) is 4. The fourth-order valence-electron chi connectivity index (χ4n) is 3.39. The van der Waals surface area contributed by atoms with Crippen molar-refractivity contribution in [3.8, 4) is 5.75 Å². The first-order valence-corrected chi connectivity index (χ1v) is 14.3. The smallest absolute Gasteiger partial charge is 0.246 e. The summed E-state index contributed by atoms with van der Waals surface area (Å²) in [5.74, 6) is 0.642. The van der Waals surface area contributed by atoms with E-state index in [-0.39, 0.29) is 30.7 Å². The molecule has 15 heteroatoms. The fraction of sp³-hybridized carbons (Fsp3) is 0.292. The number of fused-ring (bicyclic) bond motifs is 1. The molecule has 0 radical (unpaired) electrons. The minimum absolute atomic E-state index is 0.0243. The lowest BCUT2D eigenvalue weighted by Gasteiger charge is -2.15. The number of carbonyl (C=O) groups is 1. The largest absolute Gasteiger partial charge is 0.492 e. The number of carbonyl (C=O) groups excluding carboxylic acids is 1. The lowest BCUT2D eigenvalue weighted by atomic mass is 10.1. The summed E-state index contributed by atoms with van der Waals surface area (Å²) in [6.45, 7) is 2.85. The summed E-state index contributed by atoms with van der Waals surface area (Å²) in [7, 11) is 0. The number of aromatic nitrogens is 4. The van der Waals surface area contributed by atoms with Crippen LogP contribution < -0.4 is 15.4 Å². The third-order valence-electron chi connectivity index (χ3n) is 5.06. The number of ether oxygens (including phenoxy) is 2. The Morgan fingerprint density at radius 2 is 2.13 bits per heavy atom. The van der Waals surface area contributed by atoms with E-state index < -0.39 is 5.82 Å². The molecule has 2 heterocycles. The molecular weight excluding hydrogens is 587 g/mol. The average molecular weight is 611 g/mol. The van der Waals surface area contributed by atoms with Crippen LogP contribution in [-0.4, -0.2) is 62.9 Å². The van der Waals surface area contributed by atoms with Crippen LogP contribution in [0.2, 0.25) is 5.02 Å². The molecule has 4 rings (SSSR count). The lowest BCUT2D eigenvalue weighted by Crippen LogP contribution is -2.20. The normalized spacial score (nSPS) is 11.1. The molecule has 0 fully saturated rings. The number of anilines is 3. The standard InChI is InChI=1S/C24H24ClFN6O4S3/c1-2-36-20-11-18-15(22(28-13-27-18)29-14-3-4-17(26)16(25)9-14)10-19(20)30-21(34)12-32-24(37)39-23(31-32)38-8-7-35-6-5-33/h3-4,9-11,13,33H,2,5-8,12H2,1H3,(H,30,34)(H,27,28,29). The quantitative estimate of drug-likeness (QED) is 0.104. The van der Waals surface area contributed by atoms with Gasteiger partial charge >= 0.3 is 0 Å². The van der Waals surface area contributed by atoms with E-state index in [1.54, 1.807) is 18.2 Å². The van der Waals surface area contributed by atoms with Crippen molar-refractivity contribution in [2.45, 2.75) is 17.8 Å². The molecule has 10 nitrogen and oxygen atoms in total. The van der Waals surface area contributed by atoms with Crippen molar-refractivity contribution in [2.24, 2.45) is 0 Å². The first kappa shape index (κ1) is 29.1. The van der Waals surface area contributed by atoms with Gasteiger partial charge in [-0.2, -0.15) is 5.10 Å². The van der Waals surface area contributed by atoms with Crippen molar-refractivity contribution in [3.63, 3.8) is 0 Å². The number of hydrogen-bond donors (Lipinski definition) is 3. The molecule has 0 bridgehead atoms. The van der Waals surface area contributed by atoms with Crippen molar-refractivity contribution in [1.29, 1.82) is 0 Å². The van der Waals surface area contributed by atoms with Crippen molar-refractivity contribution in [3.05, 3.63) is 51.5 Å². The number of hydrogen-bond acceptors (Lipinski definition) is 11. The third-order valence-corrected chi connectivity index (χ3v) is 7.76. The van der Waals surface area contributed by atoms with Crippen LogP contribution in [-0.2, 0) is 16.1 Å². The number of rotatable bonds is 13. The second kappa shape index (κ2) is 14.0. The molecule has 0 atom stereocenters. The summed E-state index contributed by atoms with van der Waals surface area (Å²) in [6.07, 6.45) is 1.39. The lowest BCUT2D eigenvalue weighted by molar-refractivity contribution is -0.116. The van der Waals surface area contributed by atoms with Crippen LogP contribution in [0.3, 0.4) is 0 Å². The monoisotopic (exact) mass is 610 g/mol. The Labute approximate surface area is 241 Å². The maximum absolute atomic E-state index is 13.6. The summed E-state index contributed by atoms with van der Waals surface area (Å²) < 4.78 is 27.2. The molecule has 1 amide bonds. The van der Waals surface area contributed by atoms with Gasteiger partial charge in [-0.1, -0.05) is 34.7 Å². The Balaban J connectivity index is 1.53. The third kappa shape index (κ3) is 7.84. The topological polar surface area (TPSA) is 123 Å². The Bertz CT molecular complexity index is 1520. The van der Waals surface area contributed by atoms with Crippen molar-refractivity contribution in [1.82, 2.24) is 19.7 Å². The Kier molecular flexibility index (Phi) is 10.4. The van der Waals surface area contributed by atoms with Gasteiger partial charge in [0.05, 0.1) is 42.7 Å². The van der Waals surface area contributed by atoms with E-state index in [0.717, 1.165) is 4.34 Å². The van der Waals surface area contributed by atoms with Gasteiger partial charge in [-0.15, -0.1) is 0 Å². The number of halogens is 2. The van der Waals surface area contributed by atoms with Crippen molar-refractivity contribution in [2.75, 3.05) is 42.8 Å². The van der Waals surface area contributed by atoms with Gasteiger partial charge in [0.1, 0.15) is 30.3 Å². The highest BCUT2D eigenvalue weighted by atomic mass is 35.5. The number of aliphatic hydroxyl groups is 1. The zero-order chi connectivity index (χ0) is 27.8. The zero-order valence-electron chi connectivity index (χ0n) is 20.6. The van der Waals surface area contributed by atoms with Crippen LogP contribution in [0.4, 0.5) is 21.6 Å². The van der Waals surface area contributed by atoms with Gasteiger partial charge in [0.25, 0.3) is 0 Å². The predicted octanol–water partition coefficient (Wildman–Crippen LogP) is 5.29. The average Bonchev–Trinajstić information content (AvgIpc) is 3.25. The van der Waals surface area contributed by atoms with Crippen LogP contribution in [0.15, 0.2) is 41.0 Å². The number of thioether (sulfide) groups is 1. The molecule has 0 spiro atoms. The molecular formula is C24H24ClFN6O4S3. The first-order valence-electron chi connectivity index (χ1n) is 11.7. The van der Waals surface area contributed by atoms with E-state index in [0.29, 0.717) is 56.8 Å². The summed E-state index contributed by atoms with van der Waals surface area (Å²) >= 11 is 14.1. The SMILES string of the molecule is CCOc1cc2ncnc(Nc3ccc(F)c(Cl)c3)c2cc1NC(=O)Cn1nc(SCCOCCO)sc1=S. The maximum atomic E-state index is 13.6. The molecule has 206 valence electrons. The number of aliphatic hydroxyl groups excluding tert-OH is 1. The minimum Gasteiger partial charge on any atom is -0.492 e. The van der Waals surface area contributed by atoms with Gasteiger partial charge in [-0.3, -0.25) is 4.79 Å². The molecule has 0 aliphatic heterocycles. The maximum Gasteiger partial charge on any atom is 0.246 e. The van der Waals surface area contributed by atoms with Crippen LogP contribution in [0.1, 0.15) is 6.92 Å². The van der Waals surface area contributed by atoms with Crippen molar-refractivity contribution >= 4 is 80.9 Å². The Hall–Kier alpha value is -2.88. The number of nitrogens with one attached hydrogen (secondary N) is 2. The predicted molar refractivity (Wildman–Crippen MR) is 154 cm³/mol. The molecule has 39 heavy (non-hydrogen) atoms. The van der Waals surface area contributed by atoms with Crippen LogP contribution in [0.5, 0.6) is 5.75 Å². The summed E-state index contributed by atoms with van der Waals surface area (Å²) in [5, 5.41) is 19.8. The Morgan fingerprint density at radius 1 is 1.28 bits per heavy atom. The van der Waals surface area contributed by atoms with Gasteiger partial charge in [-0.05, 0) is 43.4 Å². The summed E-state index contributed by atoms with van der Waals surface area (Å²) in [5.41, 5.74) is 1.53. The highest BCUT2D eigenvalue weighted by Crippen LogP contribution is 2.34. The van der Waals surface area contributed by atoms with Gasteiger partial charge in [-0.25, -0.2) is 19.0 Å². The highest BCUT2D eigenvalue weighted by Gasteiger charge is 2.16. The molecule has 2 aromatic carbocycles. The van der Waals surface area contributed by atoms with E-state index in [4.69, 9.17) is 38.4 Å². The molecule has 0 unspecified atom stereocenters. The fourth-order valence-corrected chi connectivity index (χ4v) is 5.83. The number of amides is 1. The highest BCUT2D eigenvalue weighted by molar-refractivity contribution is 8.01. The van der Waals surface area contributed by atoms with Crippen LogP contribution in [0.25, 0.3) is 10.9 Å². The van der Waals surface area contributed by atoms with E-state index in [9.17, 15) is 9.18 Å². The molecule has 0 aliphatic carbocycles. The van der Waals surface area contributed by atoms with Gasteiger partial charge in [0.15, 0.2) is 8.29 Å². The van der Waals surface area contributed by atoms with Gasteiger partial charge < -0.3 is 25.2 Å². The van der Waals surface area contributed by atoms with Gasteiger partial charge in [0.2, 0.25) is 5.91 Å². The molecule has 0 aliphatic rings. The molecule has 4 aromatic rings. The Morgan fingerprint density at radius 3 is 2.90 bits per heavy atom. The van der Waals surface area contributed by atoms with E-state index in [2.05, 4.69) is 25.7 Å². The van der Waals surface area contributed by atoms with E-state index >= 15 is 0 Å². The second-order valence-electron chi connectivity index (χ2n) is 7.80. The van der Waals surface area contributed by atoms with Crippen LogP contribution >= 0.6 is 46.9 Å². The van der Waals surface area contributed by atoms with E-state index in [1.807, 2.05) is 6.92 Å². The minimum atomic E-state index is -0.529. The number of benzene rings is 2. The van der Waals surface area contributed by atoms with Gasteiger partial charge in [0, 0.05) is 22.9 Å².